The summed E-state index contributed by atoms with van der Waals surface area (Å²) in [6.07, 6.45) is 0.378. The summed E-state index contributed by atoms with van der Waals surface area (Å²) < 4.78 is 37.7. The molecule has 0 bridgehead atoms. The number of rotatable bonds is 2. The molecule has 2 N–H and O–H groups in total. The predicted molar refractivity (Wildman–Crippen MR) is 52.2 cm³/mol. The molecule has 0 radical (unpaired) electrons. The molecule has 1 nitrogen and oxygen atoms in total. The summed E-state index contributed by atoms with van der Waals surface area (Å²) in [4.78, 5) is 0. The molecule has 0 saturated heterocycles. The minimum absolute atomic E-state index is 0.0233. The van der Waals surface area contributed by atoms with Crippen molar-refractivity contribution >= 4 is 0 Å². The van der Waals surface area contributed by atoms with E-state index >= 15 is 0 Å². The van der Waals surface area contributed by atoms with E-state index in [9.17, 15) is 13.2 Å². The van der Waals surface area contributed by atoms with Gasteiger partial charge in [0.2, 0.25) is 0 Å². The van der Waals surface area contributed by atoms with E-state index in [0.717, 1.165) is 19.3 Å². The maximum absolute atomic E-state index is 12.6. The van der Waals surface area contributed by atoms with Gasteiger partial charge in [0.25, 0.3) is 0 Å². The van der Waals surface area contributed by atoms with E-state index in [1.807, 2.05) is 0 Å². The Morgan fingerprint density at radius 3 is 2.20 bits per heavy atom. The number of hydrogen-bond acceptors (Lipinski definition) is 1. The van der Waals surface area contributed by atoms with Crippen LogP contribution in [-0.4, -0.2) is 12.2 Å². The summed E-state index contributed by atoms with van der Waals surface area (Å²) >= 11 is 0. The topological polar surface area (TPSA) is 26.0 Å². The average molecular weight is 221 g/mol. The molecule has 4 heteroatoms. The monoisotopic (exact) mass is 221 g/mol. The zero-order valence-corrected chi connectivity index (χ0v) is 8.76. The van der Waals surface area contributed by atoms with Gasteiger partial charge in [0.1, 0.15) is 0 Å². The van der Waals surface area contributed by atoms with Gasteiger partial charge < -0.3 is 5.73 Å². The molecule has 0 spiro atoms. The van der Waals surface area contributed by atoms with E-state index < -0.39 is 12.1 Å². The maximum atomic E-state index is 12.6. The van der Waals surface area contributed by atoms with Gasteiger partial charge in [0.15, 0.2) is 0 Å². The zero-order chi connectivity index (χ0) is 11.1. The van der Waals surface area contributed by atoms with Crippen molar-refractivity contribution in [2.75, 3.05) is 0 Å². The first-order valence-corrected chi connectivity index (χ1v) is 5.81. The zero-order valence-electron chi connectivity index (χ0n) is 8.76. The third-order valence-corrected chi connectivity index (χ3v) is 3.89. The van der Waals surface area contributed by atoms with Gasteiger partial charge in [-0.05, 0) is 43.9 Å². The van der Waals surface area contributed by atoms with Crippen LogP contribution in [0.25, 0.3) is 0 Å². The minimum atomic E-state index is -4.01. The number of nitrogens with two attached hydrogens (primary N) is 1. The van der Waals surface area contributed by atoms with Gasteiger partial charge in [-0.3, -0.25) is 0 Å². The molecule has 0 heterocycles. The Hall–Kier alpha value is -0.250. The van der Waals surface area contributed by atoms with E-state index in [1.165, 1.54) is 0 Å². The van der Waals surface area contributed by atoms with Crippen molar-refractivity contribution in [2.24, 2.45) is 23.5 Å². The molecule has 3 unspecified atom stereocenters. The lowest BCUT2D eigenvalue weighted by molar-refractivity contribution is -0.186. The van der Waals surface area contributed by atoms with Crippen molar-refractivity contribution in [3.05, 3.63) is 0 Å². The fourth-order valence-corrected chi connectivity index (χ4v) is 2.74. The second kappa shape index (κ2) is 3.96. The maximum Gasteiger partial charge on any atom is 0.391 e. The Morgan fingerprint density at radius 1 is 1.00 bits per heavy atom. The first-order chi connectivity index (χ1) is 6.98. The smallest absolute Gasteiger partial charge is 0.327 e. The highest BCUT2D eigenvalue weighted by molar-refractivity contribution is 4.91. The van der Waals surface area contributed by atoms with Gasteiger partial charge in [-0.25, -0.2) is 0 Å². The van der Waals surface area contributed by atoms with Crippen LogP contribution in [0.2, 0.25) is 0 Å². The molecular formula is C11H18F3N. The van der Waals surface area contributed by atoms with E-state index in [4.69, 9.17) is 5.73 Å². The van der Waals surface area contributed by atoms with Crippen LogP contribution in [0.1, 0.15) is 38.5 Å². The van der Waals surface area contributed by atoms with Gasteiger partial charge in [0.05, 0.1) is 5.92 Å². The number of hydrogen-bond donors (Lipinski definition) is 1. The quantitative estimate of drug-likeness (QED) is 0.761. The van der Waals surface area contributed by atoms with E-state index in [-0.39, 0.29) is 18.4 Å². The van der Waals surface area contributed by atoms with E-state index in [1.54, 1.807) is 0 Å². The first-order valence-electron chi connectivity index (χ1n) is 5.81. The van der Waals surface area contributed by atoms with Crippen molar-refractivity contribution < 1.29 is 13.2 Å². The summed E-state index contributed by atoms with van der Waals surface area (Å²) in [5, 5.41) is 0. The van der Waals surface area contributed by atoms with Crippen LogP contribution in [0.3, 0.4) is 0 Å². The largest absolute Gasteiger partial charge is 0.391 e. The van der Waals surface area contributed by atoms with E-state index in [0.29, 0.717) is 18.8 Å². The molecule has 2 aliphatic rings. The van der Waals surface area contributed by atoms with Crippen LogP contribution in [0.5, 0.6) is 0 Å². The highest BCUT2D eigenvalue weighted by Crippen LogP contribution is 2.44. The van der Waals surface area contributed by atoms with Gasteiger partial charge in [-0.2, -0.15) is 13.2 Å². The van der Waals surface area contributed by atoms with Crippen LogP contribution in [0.4, 0.5) is 13.2 Å². The van der Waals surface area contributed by atoms with Gasteiger partial charge in [0, 0.05) is 6.04 Å². The van der Waals surface area contributed by atoms with Crippen molar-refractivity contribution in [1.29, 1.82) is 0 Å². The van der Waals surface area contributed by atoms with Crippen LogP contribution in [-0.2, 0) is 0 Å². The molecular weight excluding hydrogens is 203 g/mol. The van der Waals surface area contributed by atoms with Crippen LogP contribution in [0.15, 0.2) is 0 Å². The highest BCUT2D eigenvalue weighted by Gasteiger charge is 2.45. The third-order valence-electron chi connectivity index (χ3n) is 3.89. The molecule has 3 atom stereocenters. The molecule has 0 aromatic rings. The molecule has 0 amide bonds. The standard InChI is InChI=1S/C11H18F3N/c12-11(13,14)9-3-1-2-8(6-9)10(15)7-4-5-7/h7-10H,1-6,15H2. The molecule has 2 rings (SSSR count). The summed E-state index contributed by atoms with van der Waals surface area (Å²) in [7, 11) is 0. The fraction of sp³-hybridized carbons (Fsp3) is 1.00. The molecule has 88 valence electrons. The molecule has 0 aliphatic heterocycles. The first kappa shape index (κ1) is 11.2. The van der Waals surface area contributed by atoms with Crippen molar-refractivity contribution in [3.8, 4) is 0 Å². The molecule has 2 saturated carbocycles. The lowest BCUT2D eigenvalue weighted by atomic mass is 9.76. The Bertz CT molecular complexity index is 222. The minimum Gasteiger partial charge on any atom is -0.327 e. The van der Waals surface area contributed by atoms with Crippen LogP contribution < -0.4 is 5.73 Å². The second-order valence-electron chi connectivity index (χ2n) is 5.08. The summed E-state index contributed by atoms with van der Waals surface area (Å²) in [6, 6.07) is 0.0233. The van der Waals surface area contributed by atoms with Crippen molar-refractivity contribution in [3.63, 3.8) is 0 Å². The van der Waals surface area contributed by atoms with Crippen LogP contribution in [0, 0.1) is 17.8 Å². The van der Waals surface area contributed by atoms with Gasteiger partial charge in [-0.1, -0.05) is 6.42 Å². The number of alkyl halides is 3. The number of halogens is 3. The normalized spacial score (nSPS) is 35.2. The third kappa shape index (κ3) is 2.65. The molecule has 0 aromatic carbocycles. The van der Waals surface area contributed by atoms with E-state index in [2.05, 4.69) is 0 Å². The SMILES string of the molecule is NC(C1CC1)C1CCCC(C(F)(F)F)C1. The predicted octanol–water partition coefficient (Wildman–Crippen LogP) is 3.09. The van der Waals surface area contributed by atoms with Gasteiger partial charge >= 0.3 is 6.18 Å². The molecule has 2 fully saturated rings. The summed E-state index contributed by atoms with van der Waals surface area (Å²) in [5.74, 6) is -0.471. The van der Waals surface area contributed by atoms with Crippen molar-refractivity contribution in [2.45, 2.75) is 50.7 Å². The molecule has 2 aliphatic carbocycles. The van der Waals surface area contributed by atoms with Crippen LogP contribution >= 0.6 is 0 Å². The highest BCUT2D eigenvalue weighted by atomic mass is 19.4. The van der Waals surface area contributed by atoms with Crippen molar-refractivity contribution in [1.82, 2.24) is 0 Å². The molecule has 0 aromatic heterocycles. The Kier molecular flexibility index (Phi) is 2.97. The Morgan fingerprint density at radius 2 is 1.67 bits per heavy atom. The Labute approximate surface area is 88.2 Å². The van der Waals surface area contributed by atoms with Gasteiger partial charge in [-0.15, -0.1) is 0 Å². The summed E-state index contributed by atoms with van der Waals surface area (Å²) in [6.45, 7) is 0. The summed E-state index contributed by atoms with van der Waals surface area (Å²) in [5.41, 5.74) is 5.99. The Balaban J connectivity index is 1.91. The average Bonchev–Trinajstić information content (AvgIpc) is 2.99. The second-order valence-corrected chi connectivity index (χ2v) is 5.08. The molecule has 15 heavy (non-hydrogen) atoms. The lowest BCUT2D eigenvalue weighted by Gasteiger charge is -2.33. The fourth-order valence-electron chi connectivity index (χ4n) is 2.74. The lowest BCUT2D eigenvalue weighted by Crippen LogP contribution is -2.38.